The van der Waals surface area contributed by atoms with Crippen LogP contribution in [0.4, 0.5) is 11.4 Å². The first-order valence-electron chi connectivity index (χ1n) is 6.98. The number of nitrogens with one attached hydrogen (secondary N) is 1. The van der Waals surface area contributed by atoms with E-state index in [1.165, 1.54) is 0 Å². The largest absolute Gasteiger partial charge is 0.398 e. The molecule has 1 aliphatic rings. The van der Waals surface area contributed by atoms with E-state index in [0.29, 0.717) is 23.7 Å². The molecule has 1 saturated heterocycles. The summed E-state index contributed by atoms with van der Waals surface area (Å²) in [6.07, 6.45) is 1.70. The summed E-state index contributed by atoms with van der Waals surface area (Å²) in [4.78, 5) is 8.91. The summed E-state index contributed by atoms with van der Waals surface area (Å²) in [5.74, 6) is 0.647. The lowest BCUT2D eigenvalue weighted by molar-refractivity contribution is -0.0331. The van der Waals surface area contributed by atoms with Crippen LogP contribution >= 0.6 is 0 Å². The second-order valence-electron chi connectivity index (χ2n) is 5.21. The van der Waals surface area contributed by atoms with Gasteiger partial charge in [-0.2, -0.15) is 0 Å². The number of benzene rings is 1. The van der Waals surface area contributed by atoms with Gasteiger partial charge in [-0.05, 0) is 25.1 Å². The van der Waals surface area contributed by atoms with Gasteiger partial charge in [-0.1, -0.05) is 6.07 Å². The fourth-order valence-electron chi connectivity index (χ4n) is 2.50. The van der Waals surface area contributed by atoms with E-state index in [-0.39, 0.29) is 12.2 Å². The number of rotatable bonds is 2. The van der Waals surface area contributed by atoms with Crippen molar-refractivity contribution in [3.05, 3.63) is 36.3 Å². The predicted octanol–water partition coefficient (Wildman–Crippen LogP) is 1.36. The standard InChI is InChI=1S/C15H19N5O/c1-9-7-18-8-13(21-9)15-19-6-5-12(20-15)14-10(16)3-2-4-11(14)17/h2-6,9,13,18H,7-8,16-17H2,1H3. The molecule has 2 atom stereocenters. The highest BCUT2D eigenvalue weighted by molar-refractivity contribution is 5.84. The maximum absolute atomic E-state index is 6.02. The number of anilines is 2. The van der Waals surface area contributed by atoms with Gasteiger partial charge < -0.3 is 21.5 Å². The number of nitrogen functional groups attached to an aromatic ring is 2. The highest BCUT2D eigenvalue weighted by atomic mass is 16.5. The van der Waals surface area contributed by atoms with Crippen LogP contribution in [0, 0.1) is 0 Å². The van der Waals surface area contributed by atoms with E-state index >= 15 is 0 Å². The quantitative estimate of drug-likeness (QED) is 0.720. The lowest BCUT2D eigenvalue weighted by atomic mass is 10.1. The second kappa shape index (κ2) is 5.67. The van der Waals surface area contributed by atoms with E-state index in [0.717, 1.165) is 17.8 Å². The summed E-state index contributed by atoms with van der Waals surface area (Å²) in [5, 5.41) is 3.31. The van der Waals surface area contributed by atoms with Crippen molar-refractivity contribution in [1.82, 2.24) is 15.3 Å². The molecule has 0 saturated carbocycles. The van der Waals surface area contributed by atoms with Gasteiger partial charge in [0.2, 0.25) is 0 Å². The van der Waals surface area contributed by atoms with Crippen molar-refractivity contribution in [2.24, 2.45) is 0 Å². The Hall–Kier alpha value is -2.18. The zero-order valence-corrected chi connectivity index (χ0v) is 11.9. The molecule has 6 nitrogen and oxygen atoms in total. The van der Waals surface area contributed by atoms with Gasteiger partial charge in [0.1, 0.15) is 6.10 Å². The number of morpholine rings is 1. The molecule has 5 N–H and O–H groups in total. The van der Waals surface area contributed by atoms with Crippen molar-refractivity contribution in [1.29, 1.82) is 0 Å². The Morgan fingerprint density at radius 3 is 2.67 bits per heavy atom. The van der Waals surface area contributed by atoms with Gasteiger partial charge in [-0.3, -0.25) is 0 Å². The summed E-state index contributed by atoms with van der Waals surface area (Å²) in [6, 6.07) is 7.26. The van der Waals surface area contributed by atoms with Crippen LogP contribution in [-0.2, 0) is 4.74 Å². The van der Waals surface area contributed by atoms with Crippen LogP contribution in [-0.4, -0.2) is 29.2 Å². The van der Waals surface area contributed by atoms with Crippen LogP contribution in [0.25, 0.3) is 11.3 Å². The Kier molecular flexibility index (Phi) is 3.72. The first kappa shape index (κ1) is 13.8. The minimum atomic E-state index is -0.153. The van der Waals surface area contributed by atoms with E-state index in [2.05, 4.69) is 15.3 Å². The molecule has 2 aromatic rings. The zero-order chi connectivity index (χ0) is 14.8. The number of aromatic nitrogens is 2. The summed E-state index contributed by atoms with van der Waals surface area (Å²) in [7, 11) is 0. The normalized spacial score (nSPS) is 22.1. The Morgan fingerprint density at radius 2 is 1.95 bits per heavy atom. The third-order valence-electron chi connectivity index (χ3n) is 3.51. The van der Waals surface area contributed by atoms with Gasteiger partial charge in [-0.25, -0.2) is 9.97 Å². The second-order valence-corrected chi connectivity index (χ2v) is 5.21. The lowest BCUT2D eigenvalue weighted by Gasteiger charge is -2.27. The molecule has 2 unspecified atom stereocenters. The van der Waals surface area contributed by atoms with Crippen LogP contribution in [0.2, 0.25) is 0 Å². The Labute approximate surface area is 123 Å². The molecule has 3 rings (SSSR count). The Morgan fingerprint density at radius 1 is 1.19 bits per heavy atom. The molecule has 6 heteroatoms. The van der Waals surface area contributed by atoms with Crippen LogP contribution < -0.4 is 16.8 Å². The third-order valence-corrected chi connectivity index (χ3v) is 3.51. The molecule has 0 radical (unpaired) electrons. The van der Waals surface area contributed by atoms with Gasteiger partial charge in [0, 0.05) is 36.2 Å². The van der Waals surface area contributed by atoms with Gasteiger partial charge in [0.05, 0.1) is 11.8 Å². The molecular weight excluding hydrogens is 266 g/mol. The Balaban J connectivity index is 1.97. The number of hydrogen-bond donors (Lipinski definition) is 3. The average Bonchev–Trinajstić information content (AvgIpc) is 2.47. The van der Waals surface area contributed by atoms with Crippen molar-refractivity contribution in [3.63, 3.8) is 0 Å². The smallest absolute Gasteiger partial charge is 0.159 e. The van der Waals surface area contributed by atoms with Crippen molar-refractivity contribution >= 4 is 11.4 Å². The van der Waals surface area contributed by atoms with Crippen LogP contribution in [0.15, 0.2) is 30.5 Å². The monoisotopic (exact) mass is 285 g/mol. The highest BCUT2D eigenvalue weighted by Crippen LogP contribution is 2.30. The number of nitrogens with two attached hydrogens (primary N) is 2. The number of hydrogen-bond acceptors (Lipinski definition) is 6. The first-order chi connectivity index (χ1) is 10.1. The summed E-state index contributed by atoms with van der Waals surface area (Å²) < 4.78 is 5.87. The minimum Gasteiger partial charge on any atom is -0.398 e. The van der Waals surface area contributed by atoms with Crippen molar-refractivity contribution in [2.45, 2.75) is 19.1 Å². The SMILES string of the molecule is CC1CNCC(c2nccc(-c3c(N)cccc3N)n2)O1. The van der Waals surface area contributed by atoms with E-state index in [9.17, 15) is 0 Å². The minimum absolute atomic E-state index is 0.142. The van der Waals surface area contributed by atoms with E-state index in [1.54, 1.807) is 6.20 Å². The molecule has 1 fully saturated rings. The molecule has 1 aromatic carbocycles. The molecule has 0 bridgehead atoms. The zero-order valence-electron chi connectivity index (χ0n) is 11.9. The topological polar surface area (TPSA) is 99.1 Å². The number of ether oxygens (including phenoxy) is 1. The maximum atomic E-state index is 6.02. The Bertz CT molecular complexity index is 625. The van der Waals surface area contributed by atoms with Crippen LogP contribution in [0.3, 0.4) is 0 Å². The average molecular weight is 285 g/mol. The molecule has 1 aliphatic heterocycles. The van der Waals surface area contributed by atoms with Gasteiger partial charge >= 0.3 is 0 Å². The van der Waals surface area contributed by atoms with E-state index < -0.39 is 0 Å². The summed E-state index contributed by atoms with van der Waals surface area (Å²) >= 11 is 0. The molecule has 1 aromatic heterocycles. The van der Waals surface area contributed by atoms with Crippen molar-refractivity contribution < 1.29 is 4.74 Å². The van der Waals surface area contributed by atoms with Crippen LogP contribution in [0.1, 0.15) is 18.9 Å². The first-order valence-corrected chi connectivity index (χ1v) is 6.98. The molecule has 0 spiro atoms. The molecule has 2 heterocycles. The van der Waals surface area contributed by atoms with Gasteiger partial charge in [-0.15, -0.1) is 0 Å². The molecule has 110 valence electrons. The summed E-state index contributed by atoms with van der Waals surface area (Å²) in [5.41, 5.74) is 14.7. The highest BCUT2D eigenvalue weighted by Gasteiger charge is 2.23. The van der Waals surface area contributed by atoms with Crippen molar-refractivity contribution in [2.75, 3.05) is 24.6 Å². The van der Waals surface area contributed by atoms with E-state index in [4.69, 9.17) is 16.2 Å². The van der Waals surface area contributed by atoms with Crippen LogP contribution in [0.5, 0.6) is 0 Å². The lowest BCUT2D eigenvalue weighted by Crippen LogP contribution is -2.39. The predicted molar refractivity (Wildman–Crippen MR) is 82.5 cm³/mol. The van der Waals surface area contributed by atoms with E-state index in [1.807, 2.05) is 31.2 Å². The molecular formula is C15H19N5O. The fraction of sp³-hybridized carbons (Fsp3) is 0.333. The van der Waals surface area contributed by atoms with Gasteiger partial charge in [0.25, 0.3) is 0 Å². The number of nitrogens with zero attached hydrogens (tertiary/aromatic N) is 2. The summed E-state index contributed by atoms with van der Waals surface area (Å²) in [6.45, 7) is 3.57. The third kappa shape index (κ3) is 2.81. The fourth-order valence-corrected chi connectivity index (χ4v) is 2.50. The molecule has 0 amide bonds. The molecule has 21 heavy (non-hydrogen) atoms. The van der Waals surface area contributed by atoms with Gasteiger partial charge in [0.15, 0.2) is 5.82 Å². The molecule has 0 aliphatic carbocycles. The maximum Gasteiger partial charge on any atom is 0.159 e. The van der Waals surface area contributed by atoms with Crippen molar-refractivity contribution in [3.8, 4) is 11.3 Å².